The molecule has 0 aliphatic carbocycles. The summed E-state index contributed by atoms with van der Waals surface area (Å²) in [5, 5.41) is 0.654. The van der Waals surface area contributed by atoms with E-state index >= 15 is 0 Å². The quantitative estimate of drug-likeness (QED) is 0.863. The van der Waals surface area contributed by atoms with Gasteiger partial charge in [0.05, 0.1) is 0 Å². The first-order valence-electron chi connectivity index (χ1n) is 8.10. The van der Waals surface area contributed by atoms with E-state index in [0.717, 1.165) is 42.0 Å². The van der Waals surface area contributed by atoms with Crippen LogP contribution >= 0.6 is 11.6 Å². The average Bonchev–Trinajstić information content (AvgIpc) is 2.53. The predicted molar refractivity (Wildman–Crippen MR) is 96.6 cm³/mol. The highest BCUT2D eigenvalue weighted by Gasteiger charge is 2.28. The van der Waals surface area contributed by atoms with Crippen LogP contribution in [0.15, 0.2) is 24.3 Å². The Balaban J connectivity index is 1.81. The molecular formula is C18H21ClN4O. The van der Waals surface area contributed by atoms with Crippen molar-refractivity contribution in [1.82, 2.24) is 9.97 Å². The first kappa shape index (κ1) is 16.7. The van der Waals surface area contributed by atoms with Gasteiger partial charge < -0.3 is 10.6 Å². The average molecular weight is 345 g/mol. The van der Waals surface area contributed by atoms with Crippen molar-refractivity contribution in [1.29, 1.82) is 0 Å². The van der Waals surface area contributed by atoms with Crippen LogP contribution in [0.3, 0.4) is 0 Å². The van der Waals surface area contributed by atoms with Gasteiger partial charge in [0.15, 0.2) is 5.78 Å². The van der Waals surface area contributed by atoms with Crippen molar-refractivity contribution >= 4 is 29.2 Å². The highest BCUT2D eigenvalue weighted by atomic mass is 35.5. The molecule has 2 N–H and O–H groups in total. The van der Waals surface area contributed by atoms with Crippen LogP contribution in [-0.2, 0) is 0 Å². The molecule has 1 fully saturated rings. The number of nitrogens with two attached hydrogens (primary N) is 1. The lowest BCUT2D eigenvalue weighted by atomic mass is 9.88. The van der Waals surface area contributed by atoms with E-state index in [2.05, 4.69) is 14.9 Å². The minimum absolute atomic E-state index is 0.0462. The lowest BCUT2D eigenvalue weighted by Gasteiger charge is -2.33. The second-order valence-electron chi connectivity index (χ2n) is 6.33. The third kappa shape index (κ3) is 3.51. The van der Waals surface area contributed by atoms with Crippen LogP contribution in [0.25, 0.3) is 0 Å². The van der Waals surface area contributed by atoms with Crippen molar-refractivity contribution in [3.8, 4) is 0 Å². The van der Waals surface area contributed by atoms with Gasteiger partial charge in [0, 0.05) is 41.4 Å². The molecule has 2 heterocycles. The summed E-state index contributed by atoms with van der Waals surface area (Å²) >= 11 is 5.99. The number of rotatable bonds is 3. The van der Waals surface area contributed by atoms with Crippen LogP contribution in [0.1, 0.15) is 34.5 Å². The smallest absolute Gasteiger partial charge is 0.222 e. The van der Waals surface area contributed by atoms with Crippen molar-refractivity contribution in [2.75, 3.05) is 23.7 Å². The summed E-state index contributed by atoms with van der Waals surface area (Å²) in [7, 11) is 0. The van der Waals surface area contributed by atoms with Crippen molar-refractivity contribution in [3.05, 3.63) is 46.1 Å². The first-order valence-corrected chi connectivity index (χ1v) is 8.48. The molecule has 1 aromatic heterocycles. The molecule has 0 saturated carbocycles. The molecular weight excluding hydrogens is 324 g/mol. The zero-order chi connectivity index (χ0) is 17.3. The molecule has 24 heavy (non-hydrogen) atoms. The van der Waals surface area contributed by atoms with Crippen LogP contribution in [0.4, 0.5) is 11.8 Å². The topological polar surface area (TPSA) is 72.1 Å². The Kier molecular flexibility index (Phi) is 4.71. The van der Waals surface area contributed by atoms with Gasteiger partial charge in [0.2, 0.25) is 5.95 Å². The number of ketones is 1. The minimum atomic E-state index is -0.0462. The summed E-state index contributed by atoms with van der Waals surface area (Å²) < 4.78 is 0. The van der Waals surface area contributed by atoms with Gasteiger partial charge in [-0.2, -0.15) is 4.98 Å². The molecule has 1 atom stereocenters. The summed E-state index contributed by atoms with van der Waals surface area (Å²) in [6, 6.07) is 7.35. The molecule has 0 radical (unpaired) electrons. The number of aryl methyl sites for hydroxylation is 2. The zero-order valence-electron chi connectivity index (χ0n) is 13.9. The van der Waals surface area contributed by atoms with Crippen molar-refractivity contribution < 1.29 is 4.79 Å². The van der Waals surface area contributed by atoms with Crippen molar-refractivity contribution in [3.63, 3.8) is 0 Å². The normalized spacial score (nSPS) is 17.8. The largest absolute Gasteiger partial charge is 0.368 e. The molecule has 0 spiro atoms. The highest BCUT2D eigenvalue weighted by Crippen LogP contribution is 2.27. The Morgan fingerprint density at radius 3 is 2.79 bits per heavy atom. The predicted octanol–water partition coefficient (Wildman–Crippen LogP) is 3.43. The van der Waals surface area contributed by atoms with Gasteiger partial charge in [-0.1, -0.05) is 11.6 Å². The van der Waals surface area contributed by atoms with Gasteiger partial charge in [-0.25, -0.2) is 4.98 Å². The lowest BCUT2D eigenvalue weighted by Crippen LogP contribution is -2.39. The number of hydrogen-bond acceptors (Lipinski definition) is 5. The molecule has 0 amide bonds. The van der Waals surface area contributed by atoms with E-state index in [1.807, 2.05) is 32.0 Å². The summed E-state index contributed by atoms with van der Waals surface area (Å²) in [6.45, 7) is 5.34. The Labute approximate surface area is 146 Å². The Hall–Kier alpha value is -2.14. The Bertz CT molecular complexity index is 757. The van der Waals surface area contributed by atoms with E-state index < -0.39 is 0 Å². The maximum Gasteiger partial charge on any atom is 0.222 e. The van der Waals surface area contributed by atoms with Gasteiger partial charge >= 0.3 is 0 Å². The van der Waals surface area contributed by atoms with Crippen LogP contribution in [0.2, 0.25) is 5.02 Å². The molecule has 0 bridgehead atoms. The number of Topliss-reactive ketones (excluding diaryl/α,β-unsaturated/α-hetero) is 1. The fourth-order valence-electron chi connectivity index (χ4n) is 3.26. The van der Waals surface area contributed by atoms with E-state index in [9.17, 15) is 4.79 Å². The zero-order valence-corrected chi connectivity index (χ0v) is 14.7. The number of carbonyl (C=O) groups is 1. The summed E-state index contributed by atoms with van der Waals surface area (Å²) in [4.78, 5) is 23.5. The number of piperidine rings is 1. The molecule has 1 aromatic carbocycles. The standard InChI is InChI=1S/C18H21ClN4O/c1-11-8-14(19)5-6-15(11)17(24)13-4-3-7-23(10-13)16-9-12(2)21-18(20)22-16/h5-6,8-9,13H,3-4,7,10H2,1-2H3,(H2,20,21,22). The summed E-state index contributed by atoms with van der Waals surface area (Å²) in [5.41, 5.74) is 8.27. The lowest BCUT2D eigenvalue weighted by molar-refractivity contribution is 0.0906. The van der Waals surface area contributed by atoms with Gasteiger partial charge in [-0.15, -0.1) is 0 Å². The maximum absolute atomic E-state index is 12.9. The third-order valence-corrected chi connectivity index (χ3v) is 4.66. The maximum atomic E-state index is 12.9. The monoisotopic (exact) mass is 344 g/mol. The number of nitrogen functional groups attached to an aromatic ring is 1. The summed E-state index contributed by atoms with van der Waals surface area (Å²) in [5.74, 6) is 1.19. The molecule has 2 aromatic rings. The van der Waals surface area contributed by atoms with Gasteiger partial charge in [-0.05, 0) is 50.5 Å². The van der Waals surface area contributed by atoms with Crippen molar-refractivity contribution in [2.45, 2.75) is 26.7 Å². The molecule has 1 saturated heterocycles. The van der Waals surface area contributed by atoms with E-state index in [1.165, 1.54) is 0 Å². The second-order valence-corrected chi connectivity index (χ2v) is 6.77. The second kappa shape index (κ2) is 6.77. The minimum Gasteiger partial charge on any atom is -0.368 e. The number of anilines is 2. The van der Waals surface area contributed by atoms with Gasteiger partial charge in [0.1, 0.15) is 5.82 Å². The molecule has 5 nitrogen and oxygen atoms in total. The molecule has 1 aliphatic rings. The molecule has 126 valence electrons. The number of benzene rings is 1. The third-order valence-electron chi connectivity index (χ3n) is 4.43. The first-order chi connectivity index (χ1) is 11.4. The van der Waals surface area contributed by atoms with Crippen LogP contribution in [-0.4, -0.2) is 28.8 Å². The molecule has 1 unspecified atom stereocenters. The van der Waals surface area contributed by atoms with Crippen molar-refractivity contribution in [2.24, 2.45) is 5.92 Å². The number of halogens is 1. The fourth-order valence-corrected chi connectivity index (χ4v) is 3.49. The Morgan fingerprint density at radius 2 is 2.08 bits per heavy atom. The summed E-state index contributed by atoms with van der Waals surface area (Å²) in [6.07, 6.45) is 1.84. The SMILES string of the molecule is Cc1cc(N2CCCC(C(=O)c3ccc(Cl)cc3C)C2)nc(N)n1. The highest BCUT2D eigenvalue weighted by molar-refractivity contribution is 6.30. The van der Waals surface area contributed by atoms with E-state index in [0.29, 0.717) is 11.6 Å². The van der Waals surface area contributed by atoms with Gasteiger partial charge in [0.25, 0.3) is 0 Å². The molecule has 3 rings (SSSR count). The number of nitrogens with zero attached hydrogens (tertiary/aromatic N) is 3. The van der Waals surface area contributed by atoms with E-state index in [4.69, 9.17) is 17.3 Å². The van der Waals surface area contributed by atoms with Crippen LogP contribution < -0.4 is 10.6 Å². The fraction of sp³-hybridized carbons (Fsp3) is 0.389. The number of carbonyl (C=O) groups excluding carboxylic acids is 1. The number of aromatic nitrogens is 2. The van der Waals surface area contributed by atoms with E-state index in [1.54, 1.807) is 6.07 Å². The molecule has 1 aliphatic heterocycles. The van der Waals surface area contributed by atoms with Crippen LogP contribution in [0, 0.1) is 19.8 Å². The Morgan fingerprint density at radius 1 is 1.29 bits per heavy atom. The van der Waals surface area contributed by atoms with Crippen LogP contribution in [0.5, 0.6) is 0 Å². The van der Waals surface area contributed by atoms with E-state index in [-0.39, 0.29) is 17.6 Å². The molecule has 6 heteroatoms. The van der Waals surface area contributed by atoms with Gasteiger partial charge in [-0.3, -0.25) is 4.79 Å². The number of hydrogen-bond donors (Lipinski definition) is 1.